The van der Waals surface area contributed by atoms with Crippen LogP contribution < -0.4 is 9.47 Å². The number of alkyl halides is 1. The van der Waals surface area contributed by atoms with Crippen molar-refractivity contribution in [2.24, 2.45) is 5.92 Å². The van der Waals surface area contributed by atoms with Crippen molar-refractivity contribution in [1.29, 1.82) is 0 Å². The Morgan fingerprint density at radius 3 is 2.35 bits per heavy atom. The zero-order chi connectivity index (χ0) is 12.8. The fourth-order valence-corrected chi connectivity index (χ4v) is 2.50. The standard InChI is InChI=1S/C14H21BrO2/c1-5-6-10(2)14(15)11-7-8-12(16-3)13(9-11)17-4/h7-10,14H,5-6H2,1-4H3. The van der Waals surface area contributed by atoms with E-state index in [-0.39, 0.29) is 0 Å². The van der Waals surface area contributed by atoms with Crippen LogP contribution in [0.4, 0.5) is 0 Å². The maximum atomic E-state index is 5.32. The predicted octanol–water partition coefficient (Wildman–Crippen LogP) is 4.58. The molecule has 2 unspecified atom stereocenters. The Hall–Kier alpha value is -0.700. The first-order chi connectivity index (χ1) is 8.13. The molecule has 0 fully saturated rings. The smallest absolute Gasteiger partial charge is 0.161 e. The second-order valence-corrected chi connectivity index (χ2v) is 5.27. The highest BCUT2D eigenvalue weighted by Gasteiger charge is 2.17. The van der Waals surface area contributed by atoms with Crippen molar-refractivity contribution < 1.29 is 9.47 Å². The highest BCUT2D eigenvalue weighted by atomic mass is 79.9. The van der Waals surface area contributed by atoms with E-state index in [1.165, 1.54) is 18.4 Å². The summed E-state index contributed by atoms with van der Waals surface area (Å²) in [5, 5.41) is 0. The van der Waals surface area contributed by atoms with Gasteiger partial charge in [-0.3, -0.25) is 0 Å². The largest absolute Gasteiger partial charge is 0.493 e. The van der Waals surface area contributed by atoms with Crippen LogP contribution in [0, 0.1) is 5.92 Å². The molecular formula is C14H21BrO2. The van der Waals surface area contributed by atoms with Gasteiger partial charge in [-0.05, 0) is 30.0 Å². The van der Waals surface area contributed by atoms with Crippen LogP contribution in [0.1, 0.15) is 37.1 Å². The van der Waals surface area contributed by atoms with Gasteiger partial charge in [0, 0.05) is 4.83 Å². The molecule has 0 saturated heterocycles. The fourth-order valence-electron chi connectivity index (χ4n) is 1.95. The van der Waals surface area contributed by atoms with Crippen LogP contribution in [0.5, 0.6) is 11.5 Å². The van der Waals surface area contributed by atoms with Gasteiger partial charge in [-0.2, -0.15) is 0 Å². The summed E-state index contributed by atoms with van der Waals surface area (Å²) in [7, 11) is 3.32. The molecule has 2 nitrogen and oxygen atoms in total. The Morgan fingerprint density at radius 2 is 1.82 bits per heavy atom. The number of methoxy groups -OCH3 is 2. The van der Waals surface area contributed by atoms with Crippen molar-refractivity contribution in [3.63, 3.8) is 0 Å². The summed E-state index contributed by atoms with van der Waals surface area (Å²) in [6, 6.07) is 6.10. The first kappa shape index (κ1) is 14.4. The molecule has 3 heteroatoms. The van der Waals surface area contributed by atoms with Gasteiger partial charge in [-0.15, -0.1) is 0 Å². The number of halogens is 1. The summed E-state index contributed by atoms with van der Waals surface area (Å²) in [5.74, 6) is 2.18. The summed E-state index contributed by atoms with van der Waals surface area (Å²) in [6.07, 6.45) is 2.42. The minimum Gasteiger partial charge on any atom is -0.493 e. The monoisotopic (exact) mass is 300 g/mol. The highest BCUT2D eigenvalue weighted by molar-refractivity contribution is 9.09. The number of benzene rings is 1. The van der Waals surface area contributed by atoms with Crippen molar-refractivity contribution in [3.05, 3.63) is 23.8 Å². The van der Waals surface area contributed by atoms with Crippen LogP contribution in [0.2, 0.25) is 0 Å². The zero-order valence-corrected chi connectivity index (χ0v) is 12.6. The van der Waals surface area contributed by atoms with Crippen molar-refractivity contribution >= 4 is 15.9 Å². The Bertz CT molecular complexity index is 352. The number of ether oxygens (including phenoxy) is 2. The van der Waals surface area contributed by atoms with Crippen LogP contribution in [0.3, 0.4) is 0 Å². The molecule has 1 rings (SSSR count). The van der Waals surface area contributed by atoms with Gasteiger partial charge in [0.25, 0.3) is 0 Å². The van der Waals surface area contributed by atoms with Gasteiger partial charge in [0.1, 0.15) is 0 Å². The average molecular weight is 301 g/mol. The molecule has 0 aromatic heterocycles. The van der Waals surface area contributed by atoms with E-state index < -0.39 is 0 Å². The average Bonchev–Trinajstić information content (AvgIpc) is 2.37. The molecule has 17 heavy (non-hydrogen) atoms. The van der Waals surface area contributed by atoms with Crippen molar-refractivity contribution in [2.75, 3.05) is 14.2 Å². The molecule has 0 bridgehead atoms. The van der Waals surface area contributed by atoms with E-state index in [1.807, 2.05) is 12.1 Å². The minimum atomic E-state index is 0.363. The summed E-state index contributed by atoms with van der Waals surface area (Å²) in [6.45, 7) is 4.48. The Morgan fingerprint density at radius 1 is 1.18 bits per heavy atom. The summed E-state index contributed by atoms with van der Waals surface area (Å²) >= 11 is 3.77. The van der Waals surface area contributed by atoms with E-state index in [0.29, 0.717) is 10.7 Å². The maximum absolute atomic E-state index is 5.32. The molecule has 0 N–H and O–H groups in total. The fraction of sp³-hybridized carbons (Fsp3) is 0.571. The van der Waals surface area contributed by atoms with E-state index in [9.17, 15) is 0 Å². The second kappa shape index (κ2) is 6.90. The molecule has 0 spiro atoms. The third-order valence-electron chi connectivity index (χ3n) is 2.97. The van der Waals surface area contributed by atoms with Gasteiger partial charge < -0.3 is 9.47 Å². The van der Waals surface area contributed by atoms with Crippen LogP contribution in [-0.4, -0.2) is 14.2 Å². The van der Waals surface area contributed by atoms with Crippen molar-refractivity contribution in [3.8, 4) is 11.5 Å². The van der Waals surface area contributed by atoms with Gasteiger partial charge in [0.05, 0.1) is 14.2 Å². The first-order valence-electron chi connectivity index (χ1n) is 6.00. The quantitative estimate of drug-likeness (QED) is 0.716. The molecule has 0 saturated carbocycles. The lowest BCUT2D eigenvalue weighted by molar-refractivity contribution is 0.354. The molecule has 0 aliphatic carbocycles. The van der Waals surface area contributed by atoms with Gasteiger partial charge in [0.2, 0.25) is 0 Å². The van der Waals surface area contributed by atoms with Gasteiger partial charge >= 0.3 is 0 Å². The molecule has 2 atom stereocenters. The summed E-state index contributed by atoms with van der Waals surface area (Å²) in [4.78, 5) is 0.363. The number of hydrogen-bond acceptors (Lipinski definition) is 2. The third kappa shape index (κ3) is 3.63. The number of hydrogen-bond donors (Lipinski definition) is 0. The predicted molar refractivity (Wildman–Crippen MR) is 75.3 cm³/mol. The van der Waals surface area contributed by atoms with E-state index >= 15 is 0 Å². The van der Waals surface area contributed by atoms with Gasteiger partial charge in [-0.1, -0.05) is 42.3 Å². The topological polar surface area (TPSA) is 18.5 Å². The molecule has 0 heterocycles. The zero-order valence-electron chi connectivity index (χ0n) is 11.0. The van der Waals surface area contributed by atoms with E-state index in [0.717, 1.165) is 11.5 Å². The van der Waals surface area contributed by atoms with Crippen molar-refractivity contribution in [1.82, 2.24) is 0 Å². The normalized spacial score (nSPS) is 14.2. The Labute approximate surface area is 112 Å². The van der Waals surface area contributed by atoms with E-state index in [4.69, 9.17) is 9.47 Å². The lowest BCUT2D eigenvalue weighted by atomic mass is 9.96. The summed E-state index contributed by atoms with van der Waals surface area (Å²) in [5.41, 5.74) is 1.24. The molecule has 1 aromatic rings. The van der Waals surface area contributed by atoms with Crippen LogP contribution in [0.15, 0.2) is 18.2 Å². The molecule has 1 aromatic carbocycles. The molecular weight excluding hydrogens is 280 g/mol. The van der Waals surface area contributed by atoms with Gasteiger partial charge in [-0.25, -0.2) is 0 Å². The second-order valence-electron chi connectivity index (χ2n) is 4.28. The molecule has 96 valence electrons. The first-order valence-corrected chi connectivity index (χ1v) is 6.91. The molecule has 0 amide bonds. The van der Waals surface area contributed by atoms with Crippen LogP contribution in [0.25, 0.3) is 0 Å². The van der Waals surface area contributed by atoms with E-state index in [2.05, 4.69) is 35.8 Å². The Balaban J connectivity index is 2.91. The summed E-state index contributed by atoms with van der Waals surface area (Å²) < 4.78 is 10.6. The SMILES string of the molecule is CCCC(C)C(Br)c1ccc(OC)c(OC)c1. The van der Waals surface area contributed by atoms with Crippen LogP contribution in [-0.2, 0) is 0 Å². The maximum Gasteiger partial charge on any atom is 0.161 e. The highest BCUT2D eigenvalue weighted by Crippen LogP contribution is 2.37. The number of rotatable bonds is 6. The third-order valence-corrected chi connectivity index (χ3v) is 4.40. The molecule has 0 aliphatic heterocycles. The molecule has 0 radical (unpaired) electrons. The van der Waals surface area contributed by atoms with Crippen molar-refractivity contribution in [2.45, 2.75) is 31.5 Å². The van der Waals surface area contributed by atoms with Crippen LogP contribution >= 0.6 is 15.9 Å². The van der Waals surface area contributed by atoms with E-state index in [1.54, 1.807) is 14.2 Å². The van der Waals surface area contributed by atoms with Gasteiger partial charge in [0.15, 0.2) is 11.5 Å². The lowest BCUT2D eigenvalue weighted by Gasteiger charge is -2.19. The Kier molecular flexibility index (Phi) is 5.83. The minimum absolute atomic E-state index is 0.363. The lowest BCUT2D eigenvalue weighted by Crippen LogP contribution is -2.03. The molecule has 0 aliphatic rings.